The monoisotopic (exact) mass is 394 g/mol. The van der Waals surface area contributed by atoms with Crippen LogP contribution in [0.4, 0.5) is 0 Å². The molecule has 0 radical (unpaired) electrons. The molecule has 0 saturated heterocycles. The van der Waals surface area contributed by atoms with Crippen LogP contribution in [0.2, 0.25) is 0 Å². The lowest BCUT2D eigenvalue weighted by molar-refractivity contribution is -0.354. The molecule has 1 aliphatic carbocycles. The van der Waals surface area contributed by atoms with Crippen molar-refractivity contribution < 1.29 is 27.8 Å². The van der Waals surface area contributed by atoms with Crippen LogP contribution >= 0.6 is 11.8 Å². The molecule has 0 fully saturated rings. The minimum absolute atomic E-state index is 0.0328. The van der Waals surface area contributed by atoms with Crippen LogP contribution in [0.1, 0.15) is 0 Å². The molecule has 0 heterocycles. The number of hydrogen-bond acceptors (Lipinski definition) is 7. The first-order valence-corrected chi connectivity index (χ1v) is 9.91. The molecule has 0 saturated carbocycles. The lowest BCUT2D eigenvalue weighted by atomic mass is 10.0. The predicted octanol–water partition coefficient (Wildman–Crippen LogP) is 1.43. The average Bonchev–Trinajstić information content (AvgIpc) is 2.66. The molecule has 2 rings (SSSR count). The van der Waals surface area contributed by atoms with E-state index in [9.17, 15) is 18.3 Å². The maximum Gasteiger partial charge on any atom is 0.337 e. The number of sulfonamides is 1. The highest BCUT2D eigenvalue weighted by molar-refractivity contribution is 7.98. The Morgan fingerprint density at radius 3 is 2.31 bits per heavy atom. The van der Waals surface area contributed by atoms with Crippen molar-refractivity contribution in [1.29, 1.82) is 0 Å². The van der Waals surface area contributed by atoms with E-state index in [1.165, 1.54) is 49.2 Å². The highest BCUT2D eigenvalue weighted by atomic mass is 32.2. The summed E-state index contributed by atoms with van der Waals surface area (Å²) in [4.78, 5) is 12.6. The number of thioether (sulfide) groups is 1. The number of allylic oxidation sites excluding steroid dienone is 3. The third-order valence-corrected chi connectivity index (χ3v) is 5.45. The molecule has 0 spiro atoms. The zero-order chi connectivity index (χ0) is 19.3. The Bertz CT molecular complexity index is 925. The smallest absolute Gasteiger partial charge is 0.337 e. The number of nitrogens with zero attached hydrogens (tertiary/aromatic N) is 1. The van der Waals surface area contributed by atoms with Gasteiger partial charge in [0, 0.05) is 10.5 Å². The molecular weight excluding hydrogens is 378 g/mol. The molecule has 0 bridgehead atoms. The van der Waals surface area contributed by atoms with Crippen molar-refractivity contribution in [2.45, 2.75) is 9.79 Å². The number of rotatable bonds is 5. The molecule has 0 N–H and O–H groups in total. The second kappa shape index (κ2) is 8.24. The Morgan fingerprint density at radius 2 is 1.77 bits per heavy atom. The third kappa shape index (κ3) is 4.36. The van der Waals surface area contributed by atoms with E-state index < -0.39 is 21.9 Å². The van der Waals surface area contributed by atoms with Gasteiger partial charge in [0.05, 0.1) is 29.2 Å². The summed E-state index contributed by atoms with van der Waals surface area (Å²) in [5, 5.41) is 11.9. The Morgan fingerprint density at radius 1 is 1.12 bits per heavy atom. The normalized spacial score (nSPS) is 17.7. The molecule has 7 nitrogen and oxygen atoms in total. The number of esters is 1. The fraction of sp³-hybridized carbons (Fsp3) is 0.176. The van der Waals surface area contributed by atoms with Gasteiger partial charge in [-0.15, -0.1) is 11.8 Å². The maximum atomic E-state index is 12.6. The number of benzene rings is 1. The minimum Gasteiger partial charge on any atom is -0.616 e. The second-order valence-electron chi connectivity index (χ2n) is 4.96. The van der Waals surface area contributed by atoms with Crippen LogP contribution in [0, 0.1) is 0 Å². The van der Waals surface area contributed by atoms with E-state index in [2.05, 4.69) is 13.9 Å². The fourth-order valence-electron chi connectivity index (χ4n) is 2.06. The molecule has 0 amide bonds. The van der Waals surface area contributed by atoms with E-state index in [4.69, 9.17) is 0 Å². The van der Waals surface area contributed by atoms with Crippen LogP contribution in [0.25, 0.3) is 0 Å². The van der Waals surface area contributed by atoms with Crippen LogP contribution in [0.15, 0.2) is 73.8 Å². The molecular formula is C17H16NO6S2-. The number of ether oxygens (including phenoxy) is 2. The van der Waals surface area contributed by atoms with E-state index in [1.807, 2.05) is 6.26 Å². The summed E-state index contributed by atoms with van der Waals surface area (Å²) in [5.74, 6) is -1.45. The van der Waals surface area contributed by atoms with Crippen LogP contribution < -0.4 is 5.11 Å². The highest BCUT2D eigenvalue weighted by Crippen LogP contribution is 2.22. The van der Waals surface area contributed by atoms with Gasteiger partial charge in [-0.2, -0.15) is 12.8 Å². The Labute approximate surface area is 155 Å². The van der Waals surface area contributed by atoms with Gasteiger partial charge in [0.25, 0.3) is 10.0 Å². The van der Waals surface area contributed by atoms with E-state index >= 15 is 0 Å². The van der Waals surface area contributed by atoms with Crippen LogP contribution in [0.5, 0.6) is 0 Å². The van der Waals surface area contributed by atoms with Crippen LogP contribution in [-0.2, 0) is 24.3 Å². The molecule has 26 heavy (non-hydrogen) atoms. The summed E-state index contributed by atoms with van der Waals surface area (Å²) < 4.78 is 38.1. The summed E-state index contributed by atoms with van der Waals surface area (Å²) in [6.45, 7) is 0. The molecule has 0 aliphatic heterocycles. The molecule has 1 aromatic rings. The zero-order valence-electron chi connectivity index (χ0n) is 14.3. The van der Waals surface area contributed by atoms with Gasteiger partial charge >= 0.3 is 5.97 Å². The zero-order valence-corrected chi connectivity index (χ0v) is 15.9. The molecule has 0 aromatic heterocycles. The summed E-state index contributed by atoms with van der Waals surface area (Å²) in [7, 11) is -1.74. The van der Waals surface area contributed by atoms with E-state index in [0.717, 1.165) is 12.0 Å². The minimum atomic E-state index is -4.10. The number of carbonyl (C=O) groups excluding carboxylic acids is 1. The number of carbonyl (C=O) groups is 1. The first-order chi connectivity index (χ1) is 12.3. The van der Waals surface area contributed by atoms with Crippen molar-refractivity contribution in [3.05, 3.63) is 59.6 Å². The van der Waals surface area contributed by atoms with Crippen LogP contribution in [-0.4, -0.2) is 40.6 Å². The van der Waals surface area contributed by atoms with Crippen molar-refractivity contribution >= 4 is 33.5 Å². The standard InChI is InChI=1S/C17H17NO6S2/c1-23-16(19)11-4-9-14(17(20)24-2)15(10-11)18-26(21,22)13-7-5-12(25-3)6-8-13/h4-10,20H,1-3H3/p-1. The van der Waals surface area contributed by atoms with Gasteiger partial charge in [0.1, 0.15) is 0 Å². The average molecular weight is 394 g/mol. The maximum absolute atomic E-state index is 12.6. The molecule has 0 unspecified atom stereocenters. The quantitative estimate of drug-likeness (QED) is 0.422. The first-order valence-electron chi connectivity index (χ1n) is 7.25. The molecule has 0 atom stereocenters. The molecule has 9 heteroatoms. The van der Waals surface area contributed by atoms with Gasteiger partial charge in [-0.3, -0.25) is 0 Å². The fourth-order valence-corrected chi connectivity index (χ4v) is 3.47. The van der Waals surface area contributed by atoms with Crippen LogP contribution in [0.3, 0.4) is 0 Å². The topological polar surface area (TPSA) is 105 Å². The van der Waals surface area contributed by atoms with Gasteiger partial charge in [-0.05, 0) is 49.8 Å². The Hall–Kier alpha value is -2.52. The summed E-state index contributed by atoms with van der Waals surface area (Å²) in [6.07, 6.45) is 5.64. The van der Waals surface area contributed by atoms with Crippen molar-refractivity contribution in [1.82, 2.24) is 0 Å². The van der Waals surface area contributed by atoms with Crippen molar-refractivity contribution in [2.24, 2.45) is 4.40 Å². The molecule has 138 valence electrons. The van der Waals surface area contributed by atoms with Gasteiger partial charge in [0.15, 0.2) is 0 Å². The third-order valence-electron chi connectivity index (χ3n) is 3.40. The molecule has 1 aliphatic rings. The number of methoxy groups -OCH3 is 2. The van der Waals surface area contributed by atoms with Crippen molar-refractivity contribution in [3.8, 4) is 0 Å². The van der Waals surface area contributed by atoms with Crippen molar-refractivity contribution in [3.63, 3.8) is 0 Å². The van der Waals surface area contributed by atoms with E-state index in [-0.39, 0.29) is 21.8 Å². The van der Waals surface area contributed by atoms with E-state index in [0.29, 0.717) is 0 Å². The van der Waals surface area contributed by atoms with Gasteiger partial charge in [-0.1, -0.05) is 6.08 Å². The summed E-state index contributed by atoms with van der Waals surface area (Å²) in [6, 6.07) is 6.15. The van der Waals surface area contributed by atoms with Crippen molar-refractivity contribution in [2.75, 3.05) is 20.5 Å². The first kappa shape index (κ1) is 19.8. The molecule has 1 aromatic carbocycles. The summed E-state index contributed by atoms with van der Waals surface area (Å²) >= 11 is 1.47. The van der Waals surface area contributed by atoms with Gasteiger partial charge in [0.2, 0.25) is 0 Å². The lowest BCUT2D eigenvalue weighted by Gasteiger charge is -2.17. The van der Waals surface area contributed by atoms with Gasteiger partial charge < -0.3 is 14.6 Å². The summed E-state index contributed by atoms with van der Waals surface area (Å²) in [5.41, 5.74) is -0.218. The lowest BCUT2D eigenvalue weighted by Crippen LogP contribution is -2.18. The van der Waals surface area contributed by atoms with Gasteiger partial charge in [-0.25, -0.2) is 4.79 Å². The Balaban J connectivity index is 2.55. The Kier molecular flexibility index (Phi) is 6.27. The SMILES string of the molecule is COC(=O)C1=CC(=NS(=O)(=O)c2ccc(SC)cc2)C(=C([O-])OC)C=C1. The predicted molar refractivity (Wildman–Crippen MR) is 96.1 cm³/mol. The second-order valence-corrected chi connectivity index (χ2v) is 7.44. The largest absolute Gasteiger partial charge is 0.616 e. The highest BCUT2D eigenvalue weighted by Gasteiger charge is 2.20. The van der Waals surface area contributed by atoms with E-state index in [1.54, 1.807) is 12.1 Å². The number of hydrogen-bond donors (Lipinski definition) is 0.